The molecular formula is C21H21ClN4O4S2. The molecule has 2 aromatic carbocycles. The Hall–Kier alpha value is -2.40. The highest BCUT2D eigenvalue weighted by Gasteiger charge is 2.19. The lowest BCUT2D eigenvalue weighted by atomic mass is 10.2. The summed E-state index contributed by atoms with van der Waals surface area (Å²) in [7, 11) is -1.85. The first-order chi connectivity index (χ1) is 15.4. The fourth-order valence-corrected chi connectivity index (χ4v) is 6.11. The number of hydrogen-bond acceptors (Lipinski definition) is 7. The Morgan fingerprint density at radius 2 is 1.84 bits per heavy atom. The highest BCUT2D eigenvalue weighted by molar-refractivity contribution is 8.00. The predicted molar refractivity (Wildman–Crippen MR) is 125 cm³/mol. The SMILES string of the molecule is COCCCn1c(=O)c2ccccc2n2c(SCCS(=O)(=O)c3ccc(Cl)cc3)nnc12. The number of hydrogen-bond donors (Lipinski definition) is 0. The molecular weight excluding hydrogens is 472 g/mol. The van der Waals surface area contributed by atoms with E-state index in [9.17, 15) is 13.2 Å². The zero-order valence-corrected chi connectivity index (χ0v) is 19.7. The molecule has 0 fully saturated rings. The third kappa shape index (κ3) is 4.54. The quantitative estimate of drug-likeness (QED) is 0.261. The van der Waals surface area contributed by atoms with E-state index in [0.29, 0.717) is 46.4 Å². The summed E-state index contributed by atoms with van der Waals surface area (Å²) in [4.78, 5) is 13.2. The molecule has 0 aliphatic carbocycles. The molecule has 0 N–H and O–H groups in total. The average Bonchev–Trinajstić information content (AvgIpc) is 3.20. The van der Waals surface area contributed by atoms with Crippen molar-refractivity contribution in [1.29, 1.82) is 0 Å². The molecule has 0 radical (unpaired) electrons. The lowest BCUT2D eigenvalue weighted by Crippen LogP contribution is -2.24. The molecule has 4 aromatic rings. The molecule has 2 aromatic heterocycles. The summed E-state index contributed by atoms with van der Waals surface area (Å²) in [6.07, 6.45) is 0.652. The topological polar surface area (TPSA) is 95.6 Å². The molecule has 0 bridgehead atoms. The van der Waals surface area contributed by atoms with Gasteiger partial charge in [0.1, 0.15) is 0 Å². The van der Waals surface area contributed by atoms with Crippen molar-refractivity contribution in [2.75, 3.05) is 25.2 Å². The molecule has 0 unspecified atom stereocenters. The molecule has 4 rings (SSSR count). The van der Waals surface area contributed by atoms with Gasteiger partial charge in [0.05, 0.1) is 21.6 Å². The number of thioether (sulfide) groups is 1. The van der Waals surface area contributed by atoms with E-state index in [4.69, 9.17) is 16.3 Å². The second-order valence-corrected chi connectivity index (χ2v) is 10.7. The number of benzene rings is 2. The molecule has 168 valence electrons. The van der Waals surface area contributed by atoms with Gasteiger partial charge < -0.3 is 4.74 Å². The monoisotopic (exact) mass is 492 g/mol. The van der Waals surface area contributed by atoms with Crippen molar-refractivity contribution in [2.24, 2.45) is 0 Å². The second kappa shape index (κ2) is 9.62. The molecule has 0 spiro atoms. The minimum atomic E-state index is -3.46. The number of sulfone groups is 1. The minimum absolute atomic E-state index is 0.0698. The van der Waals surface area contributed by atoms with Gasteiger partial charge in [0.15, 0.2) is 15.0 Å². The van der Waals surface area contributed by atoms with Crippen LogP contribution in [0.4, 0.5) is 0 Å². The van der Waals surface area contributed by atoms with Crippen LogP contribution in [0.2, 0.25) is 5.02 Å². The standard InChI is InChI=1S/C21H21ClN4O4S2/c1-30-12-4-11-25-19(27)17-5-2-3-6-18(17)26-20(25)23-24-21(26)31-13-14-32(28,29)16-9-7-15(22)8-10-16/h2-3,5-10H,4,11-14H2,1H3. The summed E-state index contributed by atoms with van der Waals surface area (Å²) in [5, 5.41) is 10.1. The van der Waals surface area contributed by atoms with Gasteiger partial charge in [-0.3, -0.25) is 13.8 Å². The van der Waals surface area contributed by atoms with Gasteiger partial charge in [0.2, 0.25) is 5.78 Å². The highest BCUT2D eigenvalue weighted by atomic mass is 35.5. The predicted octanol–water partition coefficient (Wildman–Crippen LogP) is 3.30. The molecule has 0 amide bonds. The van der Waals surface area contributed by atoms with Crippen LogP contribution in [0.15, 0.2) is 63.4 Å². The minimum Gasteiger partial charge on any atom is -0.385 e. The highest BCUT2D eigenvalue weighted by Crippen LogP contribution is 2.23. The average molecular weight is 493 g/mol. The molecule has 0 saturated heterocycles. The van der Waals surface area contributed by atoms with Gasteiger partial charge in [-0.2, -0.15) is 0 Å². The van der Waals surface area contributed by atoms with E-state index < -0.39 is 9.84 Å². The van der Waals surface area contributed by atoms with Crippen LogP contribution in [0.5, 0.6) is 0 Å². The first-order valence-electron chi connectivity index (χ1n) is 9.89. The molecule has 2 heterocycles. The largest absolute Gasteiger partial charge is 0.385 e. The lowest BCUT2D eigenvalue weighted by Gasteiger charge is -2.11. The number of rotatable bonds is 9. The van der Waals surface area contributed by atoms with Gasteiger partial charge in [-0.15, -0.1) is 10.2 Å². The van der Waals surface area contributed by atoms with Crippen LogP contribution >= 0.6 is 23.4 Å². The van der Waals surface area contributed by atoms with E-state index in [1.807, 2.05) is 22.6 Å². The Morgan fingerprint density at radius 1 is 1.09 bits per heavy atom. The molecule has 0 aliphatic heterocycles. The van der Waals surface area contributed by atoms with Crippen molar-refractivity contribution in [2.45, 2.75) is 23.0 Å². The van der Waals surface area contributed by atoms with Crippen molar-refractivity contribution in [3.05, 3.63) is 63.9 Å². The number of halogens is 1. The Bertz CT molecular complexity index is 1420. The van der Waals surface area contributed by atoms with E-state index >= 15 is 0 Å². The summed E-state index contributed by atoms with van der Waals surface area (Å²) in [6.45, 7) is 0.957. The zero-order chi connectivity index (χ0) is 22.7. The number of para-hydroxylation sites is 1. The third-order valence-electron chi connectivity index (χ3n) is 4.96. The van der Waals surface area contributed by atoms with Gasteiger partial charge >= 0.3 is 0 Å². The molecule has 8 nitrogen and oxygen atoms in total. The van der Waals surface area contributed by atoms with Crippen LogP contribution in [-0.4, -0.2) is 52.8 Å². The van der Waals surface area contributed by atoms with Crippen molar-refractivity contribution < 1.29 is 13.2 Å². The van der Waals surface area contributed by atoms with E-state index in [0.717, 1.165) is 0 Å². The van der Waals surface area contributed by atoms with E-state index in [2.05, 4.69) is 10.2 Å². The second-order valence-electron chi connectivity index (χ2n) is 7.06. The van der Waals surface area contributed by atoms with Crippen LogP contribution < -0.4 is 5.56 Å². The molecule has 0 atom stereocenters. The van der Waals surface area contributed by atoms with Gasteiger partial charge in [-0.25, -0.2) is 8.42 Å². The summed E-state index contributed by atoms with van der Waals surface area (Å²) in [6, 6.07) is 13.4. The lowest BCUT2D eigenvalue weighted by molar-refractivity contribution is 0.190. The van der Waals surface area contributed by atoms with Crippen LogP contribution in [0.1, 0.15) is 6.42 Å². The maximum absolute atomic E-state index is 13.0. The van der Waals surface area contributed by atoms with Crippen molar-refractivity contribution in [3.8, 4) is 0 Å². The maximum atomic E-state index is 13.0. The number of aromatic nitrogens is 4. The van der Waals surface area contributed by atoms with Crippen molar-refractivity contribution >= 4 is 49.9 Å². The molecule has 0 saturated carbocycles. The summed E-state index contributed by atoms with van der Waals surface area (Å²) in [5.74, 6) is 0.635. The van der Waals surface area contributed by atoms with Gasteiger partial charge in [0.25, 0.3) is 5.56 Å². The summed E-state index contributed by atoms with van der Waals surface area (Å²) >= 11 is 7.14. The van der Waals surface area contributed by atoms with Crippen molar-refractivity contribution in [3.63, 3.8) is 0 Å². The number of nitrogens with zero attached hydrogens (tertiary/aromatic N) is 4. The Kier molecular flexibility index (Phi) is 6.85. The molecule has 32 heavy (non-hydrogen) atoms. The fourth-order valence-electron chi connectivity index (χ4n) is 3.40. The van der Waals surface area contributed by atoms with E-state index in [1.54, 1.807) is 29.9 Å². The molecule has 0 aliphatic rings. The van der Waals surface area contributed by atoms with Gasteiger partial charge in [-0.1, -0.05) is 35.5 Å². The van der Waals surface area contributed by atoms with E-state index in [1.165, 1.54) is 23.9 Å². The number of ether oxygens (including phenoxy) is 1. The first kappa shape index (κ1) is 22.8. The Morgan fingerprint density at radius 3 is 2.59 bits per heavy atom. The maximum Gasteiger partial charge on any atom is 0.262 e. The summed E-state index contributed by atoms with van der Waals surface area (Å²) in [5.41, 5.74) is 0.544. The van der Waals surface area contributed by atoms with Gasteiger partial charge in [0, 0.05) is 31.0 Å². The zero-order valence-electron chi connectivity index (χ0n) is 17.3. The fraction of sp³-hybridized carbons (Fsp3) is 0.286. The normalized spacial score (nSPS) is 12.1. The van der Waals surface area contributed by atoms with E-state index in [-0.39, 0.29) is 22.0 Å². The molecule has 11 heteroatoms. The van der Waals surface area contributed by atoms with Crippen LogP contribution in [-0.2, 0) is 21.1 Å². The van der Waals surface area contributed by atoms with Gasteiger partial charge in [-0.05, 0) is 42.8 Å². The Balaban J connectivity index is 1.65. The number of fused-ring (bicyclic) bond motifs is 3. The van der Waals surface area contributed by atoms with Crippen LogP contribution in [0, 0.1) is 0 Å². The number of methoxy groups -OCH3 is 1. The Labute approximate surface area is 194 Å². The first-order valence-corrected chi connectivity index (χ1v) is 12.9. The summed E-state index contributed by atoms with van der Waals surface area (Å²) < 4.78 is 33.8. The van der Waals surface area contributed by atoms with Crippen LogP contribution in [0.3, 0.4) is 0 Å². The van der Waals surface area contributed by atoms with Crippen molar-refractivity contribution in [1.82, 2.24) is 19.2 Å². The number of aryl methyl sites for hydroxylation is 1. The van der Waals surface area contributed by atoms with Crippen LogP contribution in [0.25, 0.3) is 16.7 Å². The third-order valence-corrected chi connectivity index (χ3v) is 8.14. The smallest absolute Gasteiger partial charge is 0.262 e.